The molecule has 2 atom stereocenters. The molecule has 0 aromatic rings. The monoisotopic (exact) mass is 124 g/mol. The third-order valence-electron chi connectivity index (χ3n) is 2.10. The molecule has 9 heavy (non-hydrogen) atoms. The van der Waals surface area contributed by atoms with Crippen molar-refractivity contribution in [1.29, 1.82) is 0 Å². The summed E-state index contributed by atoms with van der Waals surface area (Å²) in [5, 5.41) is 0. The average molecular weight is 124 g/mol. The van der Waals surface area contributed by atoms with Gasteiger partial charge in [-0.25, -0.2) is 0 Å². The summed E-state index contributed by atoms with van der Waals surface area (Å²) in [6.45, 7) is 6.68. The zero-order valence-electron chi connectivity index (χ0n) is 6.65. The Hall–Kier alpha value is -0.260. The van der Waals surface area contributed by atoms with E-state index in [4.69, 9.17) is 0 Å². The zero-order chi connectivity index (χ0) is 6.85. The Morgan fingerprint density at radius 1 is 1.56 bits per heavy atom. The normalized spacial score (nSPS) is 31.9. The van der Waals surface area contributed by atoms with E-state index in [-0.39, 0.29) is 0 Å². The smallest absolute Gasteiger partial charge is 0.0317 e. The largest absolute Gasteiger partial charge is 0.0856 e. The molecule has 0 nitrogen and oxygen atoms in total. The molecule has 0 spiro atoms. The van der Waals surface area contributed by atoms with Gasteiger partial charge in [-0.05, 0) is 38.5 Å². The Morgan fingerprint density at radius 2 is 2.11 bits per heavy atom. The topological polar surface area (TPSA) is 0 Å². The van der Waals surface area contributed by atoms with E-state index in [1.54, 1.807) is 0 Å². The molecule has 0 radical (unpaired) electrons. The third-order valence-corrected chi connectivity index (χ3v) is 2.10. The van der Waals surface area contributed by atoms with E-state index < -0.39 is 0 Å². The molecule has 0 aromatic carbocycles. The maximum atomic E-state index is 2.36. The van der Waals surface area contributed by atoms with Crippen LogP contribution < -0.4 is 0 Å². The van der Waals surface area contributed by atoms with E-state index in [0.717, 1.165) is 11.8 Å². The predicted octanol–water partition coefficient (Wildman–Crippen LogP) is 3.00. The minimum Gasteiger partial charge on any atom is -0.0856 e. The van der Waals surface area contributed by atoms with E-state index in [2.05, 4.69) is 26.8 Å². The molecule has 52 valence electrons. The van der Waals surface area contributed by atoms with Crippen molar-refractivity contribution in [3.05, 3.63) is 11.6 Å². The van der Waals surface area contributed by atoms with Gasteiger partial charge in [0.15, 0.2) is 0 Å². The summed E-state index contributed by atoms with van der Waals surface area (Å²) in [6.07, 6.45) is 5.14. The Bertz CT molecular complexity index is 118. The van der Waals surface area contributed by atoms with Gasteiger partial charge < -0.3 is 0 Å². The van der Waals surface area contributed by atoms with Gasteiger partial charge in [0.05, 0.1) is 0 Å². The fourth-order valence-electron chi connectivity index (χ4n) is 1.11. The van der Waals surface area contributed by atoms with Gasteiger partial charge in [-0.2, -0.15) is 0 Å². The van der Waals surface area contributed by atoms with E-state index in [1.807, 2.05) is 0 Å². The Balaban J connectivity index is 2.14. The third kappa shape index (κ3) is 2.21. The van der Waals surface area contributed by atoms with Crippen LogP contribution in [0.25, 0.3) is 0 Å². The molecule has 0 amide bonds. The molecule has 0 heterocycles. The molecule has 0 aliphatic heterocycles. The molecule has 0 saturated heterocycles. The fourth-order valence-corrected chi connectivity index (χ4v) is 1.11. The maximum Gasteiger partial charge on any atom is -0.0317 e. The Kier molecular flexibility index (Phi) is 1.94. The average Bonchev–Trinajstić information content (AvgIpc) is 2.42. The Labute approximate surface area is 58.0 Å². The van der Waals surface area contributed by atoms with Crippen LogP contribution in [0.2, 0.25) is 0 Å². The van der Waals surface area contributed by atoms with Crippen LogP contribution in [0.1, 0.15) is 33.6 Å². The maximum absolute atomic E-state index is 2.36. The van der Waals surface area contributed by atoms with Crippen molar-refractivity contribution in [1.82, 2.24) is 0 Å². The van der Waals surface area contributed by atoms with Gasteiger partial charge in [0, 0.05) is 0 Å². The molecule has 0 aromatic heterocycles. The molecule has 1 aliphatic rings. The first-order valence-corrected chi connectivity index (χ1v) is 3.83. The van der Waals surface area contributed by atoms with Gasteiger partial charge >= 0.3 is 0 Å². The highest BCUT2D eigenvalue weighted by Crippen LogP contribution is 2.40. The molecule has 0 bridgehead atoms. The summed E-state index contributed by atoms with van der Waals surface area (Å²) in [6, 6.07) is 0. The van der Waals surface area contributed by atoms with Crippen LogP contribution in [-0.4, -0.2) is 0 Å². The summed E-state index contributed by atoms with van der Waals surface area (Å²) < 4.78 is 0. The Morgan fingerprint density at radius 3 is 2.44 bits per heavy atom. The fraction of sp³-hybridized carbons (Fsp3) is 0.778. The van der Waals surface area contributed by atoms with Crippen molar-refractivity contribution in [3.8, 4) is 0 Å². The molecule has 1 rings (SSSR count). The molecule has 1 fully saturated rings. The highest BCUT2D eigenvalue weighted by atomic mass is 14.4. The second-order valence-electron chi connectivity index (χ2n) is 3.49. The predicted molar refractivity (Wildman–Crippen MR) is 41.3 cm³/mol. The van der Waals surface area contributed by atoms with Crippen LogP contribution in [0.5, 0.6) is 0 Å². The lowest BCUT2D eigenvalue weighted by Gasteiger charge is -1.89. The first-order chi connectivity index (χ1) is 4.20. The van der Waals surface area contributed by atoms with Crippen LogP contribution in [0.4, 0.5) is 0 Å². The summed E-state index contributed by atoms with van der Waals surface area (Å²) >= 11 is 0. The van der Waals surface area contributed by atoms with Gasteiger partial charge in [0.1, 0.15) is 0 Å². The first kappa shape index (κ1) is 6.85. The van der Waals surface area contributed by atoms with E-state index in [0.29, 0.717) is 0 Å². The van der Waals surface area contributed by atoms with Crippen LogP contribution in [0, 0.1) is 11.8 Å². The van der Waals surface area contributed by atoms with Crippen LogP contribution in [-0.2, 0) is 0 Å². The summed E-state index contributed by atoms with van der Waals surface area (Å²) in [4.78, 5) is 0. The van der Waals surface area contributed by atoms with E-state index in [9.17, 15) is 0 Å². The van der Waals surface area contributed by atoms with Crippen molar-refractivity contribution in [2.24, 2.45) is 11.8 Å². The molecule has 1 aliphatic carbocycles. The molecular formula is C9H16. The second-order valence-corrected chi connectivity index (χ2v) is 3.49. The molecular weight excluding hydrogens is 108 g/mol. The quantitative estimate of drug-likeness (QED) is 0.496. The summed E-state index contributed by atoms with van der Waals surface area (Å²) in [5.41, 5.74) is 1.47. The zero-order valence-corrected chi connectivity index (χ0v) is 6.65. The van der Waals surface area contributed by atoms with Crippen molar-refractivity contribution in [3.63, 3.8) is 0 Å². The number of allylic oxidation sites excluding steroid dienone is 2. The SMILES string of the molecule is CC(C)=CCC1CC1C. The lowest BCUT2D eigenvalue weighted by Crippen LogP contribution is -1.74. The molecule has 1 saturated carbocycles. The van der Waals surface area contributed by atoms with Gasteiger partial charge in [-0.1, -0.05) is 18.6 Å². The standard InChI is InChI=1S/C9H16/c1-7(2)4-5-9-6-8(9)3/h4,8-9H,5-6H2,1-3H3. The van der Waals surface area contributed by atoms with E-state index in [1.165, 1.54) is 18.4 Å². The molecule has 2 unspecified atom stereocenters. The van der Waals surface area contributed by atoms with Crippen molar-refractivity contribution >= 4 is 0 Å². The second kappa shape index (κ2) is 2.55. The number of hydrogen-bond acceptors (Lipinski definition) is 0. The van der Waals surface area contributed by atoms with Gasteiger partial charge in [0.2, 0.25) is 0 Å². The first-order valence-electron chi connectivity index (χ1n) is 3.83. The lowest BCUT2D eigenvalue weighted by molar-refractivity contribution is 0.762. The lowest BCUT2D eigenvalue weighted by atomic mass is 10.2. The van der Waals surface area contributed by atoms with E-state index >= 15 is 0 Å². The molecule has 0 heteroatoms. The minimum absolute atomic E-state index is 1.01. The highest BCUT2D eigenvalue weighted by molar-refractivity contribution is 4.98. The highest BCUT2D eigenvalue weighted by Gasteiger charge is 2.30. The van der Waals surface area contributed by atoms with Gasteiger partial charge in [0.25, 0.3) is 0 Å². The summed E-state index contributed by atoms with van der Waals surface area (Å²) in [5.74, 6) is 2.04. The number of rotatable bonds is 2. The molecule has 0 N–H and O–H groups in total. The summed E-state index contributed by atoms with van der Waals surface area (Å²) in [7, 11) is 0. The van der Waals surface area contributed by atoms with Crippen molar-refractivity contribution < 1.29 is 0 Å². The van der Waals surface area contributed by atoms with Crippen molar-refractivity contribution in [2.75, 3.05) is 0 Å². The van der Waals surface area contributed by atoms with Crippen LogP contribution >= 0.6 is 0 Å². The van der Waals surface area contributed by atoms with Crippen molar-refractivity contribution in [2.45, 2.75) is 33.6 Å². The van der Waals surface area contributed by atoms with Crippen LogP contribution in [0.15, 0.2) is 11.6 Å². The van der Waals surface area contributed by atoms with Gasteiger partial charge in [-0.3, -0.25) is 0 Å². The minimum atomic E-state index is 1.01. The van der Waals surface area contributed by atoms with Crippen LogP contribution in [0.3, 0.4) is 0 Å². The van der Waals surface area contributed by atoms with Gasteiger partial charge in [-0.15, -0.1) is 0 Å². The number of hydrogen-bond donors (Lipinski definition) is 0.